The fourth-order valence-electron chi connectivity index (χ4n) is 3.10. The number of hydrogen-bond acceptors (Lipinski definition) is 6. The minimum Gasteiger partial charge on any atom is -0.487 e. The van der Waals surface area contributed by atoms with Crippen LogP contribution in [0.4, 0.5) is 5.69 Å². The Morgan fingerprint density at radius 2 is 2.16 bits per heavy atom. The van der Waals surface area contributed by atoms with Crippen LogP contribution in [0.1, 0.15) is 40.7 Å². The molecule has 25 heavy (non-hydrogen) atoms. The van der Waals surface area contributed by atoms with Crippen molar-refractivity contribution >= 4 is 22.9 Å². The zero-order valence-electron chi connectivity index (χ0n) is 13.9. The largest absolute Gasteiger partial charge is 0.487 e. The van der Waals surface area contributed by atoms with E-state index in [2.05, 4.69) is 0 Å². The summed E-state index contributed by atoms with van der Waals surface area (Å²) < 4.78 is 6.74. The predicted octanol–water partition coefficient (Wildman–Crippen LogP) is 3.10. The van der Waals surface area contributed by atoms with E-state index in [0.717, 1.165) is 36.3 Å². The van der Waals surface area contributed by atoms with E-state index in [1.54, 1.807) is 13.0 Å². The average Bonchev–Trinajstić information content (AvgIpc) is 2.92. The van der Waals surface area contributed by atoms with Gasteiger partial charge in [0.2, 0.25) is 5.91 Å². The lowest BCUT2D eigenvalue weighted by Crippen LogP contribution is -2.26. The lowest BCUT2D eigenvalue weighted by atomic mass is 10.0. The first-order valence-corrected chi connectivity index (χ1v) is 9.04. The van der Waals surface area contributed by atoms with Crippen LogP contribution < -0.4 is 9.54 Å². The van der Waals surface area contributed by atoms with Gasteiger partial charge in [-0.2, -0.15) is 0 Å². The van der Waals surface area contributed by atoms with Crippen LogP contribution in [0.3, 0.4) is 0 Å². The van der Waals surface area contributed by atoms with E-state index < -0.39 is 4.92 Å². The molecule has 0 aliphatic heterocycles. The van der Waals surface area contributed by atoms with Gasteiger partial charge in [-0.3, -0.25) is 24.9 Å². The molecule has 0 unspecified atom stereocenters. The van der Waals surface area contributed by atoms with Gasteiger partial charge in [-0.25, -0.2) is 0 Å². The maximum atomic E-state index is 12.7. The molecule has 1 aromatic heterocycles. The van der Waals surface area contributed by atoms with Crippen molar-refractivity contribution in [3.8, 4) is 5.75 Å². The Labute approximate surface area is 148 Å². The van der Waals surface area contributed by atoms with Crippen molar-refractivity contribution in [1.82, 2.24) is 4.57 Å². The number of nitro benzene ring substituents is 1. The number of aryl methyl sites for hydroxylation is 1. The molecule has 0 fully saturated rings. The van der Waals surface area contributed by atoms with Gasteiger partial charge in [-0.15, -0.1) is 11.3 Å². The summed E-state index contributed by atoms with van der Waals surface area (Å²) in [6, 6.07) is 4.57. The summed E-state index contributed by atoms with van der Waals surface area (Å²) in [6.07, 6.45) is 3.85. The Bertz CT molecular complexity index is 885. The molecule has 0 bridgehead atoms. The highest BCUT2D eigenvalue weighted by atomic mass is 32.1. The lowest BCUT2D eigenvalue weighted by molar-refractivity contribution is -0.385. The minimum atomic E-state index is -0.505. The number of hydrogen-bond donors (Lipinski definition) is 1. The molecule has 1 N–H and O–H groups in total. The number of carbonyl (C=O) groups is 1. The topological polar surface area (TPSA) is 98.2 Å². The van der Waals surface area contributed by atoms with E-state index in [1.165, 1.54) is 28.0 Å². The molecule has 1 heterocycles. The molecule has 0 amide bonds. The van der Waals surface area contributed by atoms with Gasteiger partial charge in [0, 0.05) is 16.6 Å². The Hall–Kier alpha value is -2.48. The third kappa shape index (κ3) is 3.48. The van der Waals surface area contributed by atoms with Crippen LogP contribution in [0.15, 0.2) is 18.2 Å². The molecule has 0 spiro atoms. The highest BCUT2D eigenvalue weighted by Crippen LogP contribution is 2.29. The first-order valence-electron chi connectivity index (χ1n) is 8.22. The summed E-state index contributed by atoms with van der Waals surface area (Å²) in [4.78, 5) is 24.8. The Morgan fingerprint density at radius 1 is 1.40 bits per heavy atom. The van der Waals surface area contributed by atoms with Crippen LogP contribution in [0.5, 0.6) is 5.75 Å². The zero-order valence-corrected chi connectivity index (χ0v) is 14.7. The lowest BCUT2D eigenvalue weighted by Gasteiger charge is -2.13. The number of carbonyl (C=O) groups excluding carboxylic acids is 1. The number of rotatable bonds is 5. The van der Waals surface area contributed by atoms with Gasteiger partial charge in [-0.1, -0.05) is 6.07 Å². The molecule has 3 rings (SSSR count). The normalized spacial score (nSPS) is 13.3. The van der Waals surface area contributed by atoms with Gasteiger partial charge in [0.15, 0.2) is 10.6 Å². The third-order valence-electron chi connectivity index (χ3n) is 4.21. The Morgan fingerprint density at radius 3 is 2.88 bits per heavy atom. The quantitative estimate of drug-likeness (QED) is 0.653. The summed E-state index contributed by atoms with van der Waals surface area (Å²) in [7, 11) is 0. The van der Waals surface area contributed by atoms with E-state index in [9.17, 15) is 14.9 Å². The Balaban J connectivity index is 1.89. The predicted molar refractivity (Wildman–Crippen MR) is 93.4 cm³/mol. The van der Waals surface area contributed by atoms with Crippen molar-refractivity contribution in [2.45, 2.75) is 39.0 Å². The summed E-state index contributed by atoms with van der Waals surface area (Å²) >= 11 is 1.35. The third-order valence-corrected chi connectivity index (χ3v) is 5.27. The van der Waals surface area contributed by atoms with Crippen LogP contribution in [0, 0.1) is 15.5 Å². The molecule has 7 nitrogen and oxygen atoms in total. The highest BCUT2D eigenvalue weighted by molar-refractivity contribution is 7.09. The number of ether oxygens (including phenoxy) is 1. The molecular formula is C17H19N3O4S. The summed E-state index contributed by atoms with van der Waals surface area (Å²) in [6.45, 7) is 2.09. The summed E-state index contributed by atoms with van der Waals surface area (Å²) in [5.41, 5.74) is 1.34. The first kappa shape index (κ1) is 17.3. The summed E-state index contributed by atoms with van der Waals surface area (Å²) in [5.74, 6) is -0.0201. The molecule has 8 heteroatoms. The number of aromatic nitrogens is 1. The molecule has 1 aliphatic carbocycles. The number of nitrogens with one attached hydrogen (secondary N) is 1. The van der Waals surface area contributed by atoms with Crippen LogP contribution in [-0.4, -0.2) is 22.0 Å². The van der Waals surface area contributed by atoms with Gasteiger partial charge >= 0.3 is 5.69 Å². The van der Waals surface area contributed by atoms with Crippen molar-refractivity contribution in [2.24, 2.45) is 0 Å². The average molecular weight is 361 g/mol. The molecule has 0 saturated carbocycles. The SMILES string of the molecule is CCOc1ccc(CC(=O)n2c3c(sc2=N)CCCC3)cc1[N+](=O)[O-]. The minimum absolute atomic E-state index is 0.0208. The maximum absolute atomic E-state index is 12.7. The van der Waals surface area contributed by atoms with Crippen molar-refractivity contribution in [3.05, 3.63) is 49.2 Å². The molecule has 1 aromatic carbocycles. The number of fused-ring (bicyclic) bond motifs is 1. The van der Waals surface area contributed by atoms with E-state index in [1.807, 2.05) is 0 Å². The monoisotopic (exact) mass is 361 g/mol. The van der Waals surface area contributed by atoms with Gasteiger partial charge in [0.1, 0.15) is 0 Å². The second-order valence-electron chi connectivity index (χ2n) is 5.88. The van der Waals surface area contributed by atoms with Crippen LogP contribution in [0.25, 0.3) is 0 Å². The van der Waals surface area contributed by atoms with Crippen molar-refractivity contribution < 1.29 is 14.5 Å². The smallest absolute Gasteiger partial charge is 0.311 e. The second kappa shape index (κ2) is 7.18. The van der Waals surface area contributed by atoms with Gasteiger partial charge in [-0.05, 0) is 44.2 Å². The molecule has 1 aliphatic rings. The van der Waals surface area contributed by atoms with Crippen LogP contribution in [0.2, 0.25) is 0 Å². The highest BCUT2D eigenvalue weighted by Gasteiger charge is 2.22. The van der Waals surface area contributed by atoms with E-state index in [0.29, 0.717) is 12.2 Å². The van der Waals surface area contributed by atoms with Crippen molar-refractivity contribution in [2.75, 3.05) is 6.61 Å². The molecule has 0 radical (unpaired) electrons. The van der Waals surface area contributed by atoms with Crippen LogP contribution >= 0.6 is 11.3 Å². The van der Waals surface area contributed by atoms with Crippen LogP contribution in [-0.2, 0) is 19.3 Å². The molecule has 132 valence electrons. The van der Waals surface area contributed by atoms with E-state index >= 15 is 0 Å². The number of thiazole rings is 1. The molecular weight excluding hydrogens is 342 g/mol. The molecule has 0 atom stereocenters. The maximum Gasteiger partial charge on any atom is 0.311 e. The van der Waals surface area contributed by atoms with Crippen molar-refractivity contribution in [3.63, 3.8) is 0 Å². The fourth-order valence-corrected chi connectivity index (χ4v) is 4.20. The Kier molecular flexibility index (Phi) is 4.98. The van der Waals surface area contributed by atoms with Gasteiger partial charge in [0.25, 0.3) is 0 Å². The van der Waals surface area contributed by atoms with E-state index in [4.69, 9.17) is 10.1 Å². The van der Waals surface area contributed by atoms with Crippen molar-refractivity contribution in [1.29, 1.82) is 5.41 Å². The molecule has 2 aromatic rings. The first-order chi connectivity index (χ1) is 12.0. The van der Waals surface area contributed by atoms with E-state index in [-0.39, 0.29) is 28.6 Å². The number of nitro groups is 1. The zero-order chi connectivity index (χ0) is 18.0. The van der Waals surface area contributed by atoms with Gasteiger partial charge < -0.3 is 4.74 Å². The number of nitrogens with zero attached hydrogens (tertiary/aromatic N) is 2. The second-order valence-corrected chi connectivity index (χ2v) is 6.97. The standard InChI is InChI=1S/C17H19N3O4S/c1-2-24-14-8-7-11(9-13(14)20(22)23)10-16(21)19-12-5-3-4-6-15(12)25-17(19)18/h7-9,18H,2-6,10H2,1H3. The number of benzene rings is 1. The molecule has 0 saturated heterocycles. The fraction of sp³-hybridized carbons (Fsp3) is 0.412. The van der Waals surface area contributed by atoms with Gasteiger partial charge in [0.05, 0.1) is 18.0 Å². The summed E-state index contributed by atoms with van der Waals surface area (Å²) in [5, 5.41) is 19.3.